The van der Waals surface area contributed by atoms with E-state index in [2.05, 4.69) is 18.8 Å². The molecular formula is C19H29N3O3S. The molecule has 1 spiro atoms. The van der Waals surface area contributed by atoms with E-state index in [1.807, 2.05) is 23.6 Å². The van der Waals surface area contributed by atoms with Crippen LogP contribution in [0.4, 0.5) is 4.79 Å². The fourth-order valence-corrected chi connectivity index (χ4v) is 4.93. The van der Waals surface area contributed by atoms with E-state index >= 15 is 0 Å². The van der Waals surface area contributed by atoms with Gasteiger partial charge in [0.25, 0.3) is 5.91 Å². The first kappa shape index (κ1) is 19.1. The number of nitrogens with zero attached hydrogens (tertiary/aromatic N) is 3. The smallest absolute Gasteiger partial charge is 0.410 e. The third-order valence-electron chi connectivity index (χ3n) is 5.53. The number of rotatable bonds is 5. The highest BCUT2D eigenvalue weighted by atomic mass is 32.1. The molecule has 2 amide bonds. The zero-order chi connectivity index (χ0) is 18.9. The van der Waals surface area contributed by atoms with Crippen molar-refractivity contribution in [3.05, 3.63) is 15.6 Å². The predicted molar refractivity (Wildman–Crippen MR) is 102 cm³/mol. The molecule has 0 bridgehead atoms. The number of thiazole rings is 1. The summed E-state index contributed by atoms with van der Waals surface area (Å²) in [6.07, 6.45) is 4.02. The Morgan fingerprint density at radius 2 is 2.04 bits per heavy atom. The van der Waals surface area contributed by atoms with E-state index in [-0.39, 0.29) is 18.0 Å². The lowest BCUT2D eigenvalue weighted by atomic mass is 9.90. The molecule has 2 fully saturated rings. The average Bonchev–Trinajstić information content (AvgIpc) is 3.15. The fourth-order valence-electron chi connectivity index (χ4n) is 3.96. The van der Waals surface area contributed by atoms with Crippen molar-refractivity contribution >= 4 is 23.3 Å². The summed E-state index contributed by atoms with van der Waals surface area (Å²) in [5.74, 6) is 0.0721. The van der Waals surface area contributed by atoms with Crippen LogP contribution in [0, 0.1) is 6.92 Å². The van der Waals surface area contributed by atoms with E-state index in [0.717, 1.165) is 34.8 Å². The standard InChI is InChI=1S/C19H29N3O3S/c1-5-7-13(3)22-12-19(25-18(22)24)8-10-21(11-9-19)17(23)16-15(6-2)20-14(4)26-16/h13H,5-12H2,1-4H3. The molecule has 1 aromatic rings. The number of aryl methyl sites for hydroxylation is 2. The van der Waals surface area contributed by atoms with Crippen LogP contribution in [0.25, 0.3) is 0 Å². The molecule has 2 aliphatic rings. The minimum absolute atomic E-state index is 0.0721. The predicted octanol–water partition coefficient (Wildman–Crippen LogP) is 3.63. The van der Waals surface area contributed by atoms with Gasteiger partial charge in [0, 0.05) is 32.0 Å². The van der Waals surface area contributed by atoms with Gasteiger partial charge >= 0.3 is 6.09 Å². The van der Waals surface area contributed by atoms with Gasteiger partial charge in [0.15, 0.2) is 0 Å². The SMILES string of the molecule is CCCC(C)N1CC2(CCN(C(=O)c3sc(C)nc3CC)CC2)OC1=O. The Balaban J connectivity index is 1.64. The fraction of sp³-hybridized carbons (Fsp3) is 0.737. The molecule has 1 atom stereocenters. The summed E-state index contributed by atoms with van der Waals surface area (Å²) in [5.41, 5.74) is 0.470. The number of hydrogen-bond acceptors (Lipinski definition) is 5. The van der Waals surface area contributed by atoms with Crippen LogP contribution in [0.15, 0.2) is 0 Å². The van der Waals surface area contributed by atoms with Crippen LogP contribution in [0.3, 0.4) is 0 Å². The van der Waals surface area contributed by atoms with Gasteiger partial charge in [-0.05, 0) is 26.7 Å². The lowest BCUT2D eigenvalue weighted by molar-refractivity contribution is 0.00318. The summed E-state index contributed by atoms with van der Waals surface area (Å²) in [5, 5.41) is 0.934. The molecular weight excluding hydrogens is 350 g/mol. The molecule has 7 heteroatoms. The van der Waals surface area contributed by atoms with E-state index in [1.54, 1.807) is 0 Å². The van der Waals surface area contributed by atoms with Crippen LogP contribution in [0.5, 0.6) is 0 Å². The van der Waals surface area contributed by atoms with E-state index in [9.17, 15) is 9.59 Å². The monoisotopic (exact) mass is 379 g/mol. The lowest BCUT2D eigenvalue weighted by Gasteiger charge is -2.37. The topological polar surface area (TPSA) is 62.7 Å². The van der Waals surface area contributed by atoms with Gasteiger partial charge in [-0.25, -0.2) is 9.78 Å². The largest absolute Gasteiger partial charge is 0.441 e. The first-order valence-corrected chi connectivity index (χ1v) is 10.5. The average molecular weight is 380 g/mol. The molecule has 6 nitrogen and oxygen atoms in total. The number of ether oxygens (including phenoxy) is 1. The van der Waals surface area contributed by atoms with Gasteiger partial charge in [0.05, 0.1) is 17.2 Å². The van der Waals surface area contributed by atoms with Crippen molar-refractivity contribution < 1.29 is 14.3 Å². The van der Waals surface area contributed by atoms with Crippen LogP contribution in [0.1, 0.15) is 66.8 Å². The number of piperidine rings is 1. The number of hydrogen-bond donors (Lipinski definition) is 0. The minimum atomic E-state index is -0.424. The second kappa shape index (κ2) is 7.55. The maximum absolute atomic E-state index is 12.9. The summed E-state index contributed by atoms with van der Waals surface area (Å²) in [6, 6.07) is 0.207. The Labute approximate surface area is 159 Å². The highest BCUT2D eigenvalue weighted by Crippen LogP contribution is 2.35. The third kappa shape index (κ3) is 3.59. The van der Waals surface area contributed by atoms with E-state index in [0.29, 0.717) is 32.5 Å². The lowest BCUT2D eigenvalue weighted by Crippen LogP contribution is -2.49. The molecule has 2 aliphatic heterocycles. The Morgan fingerprint density at radius 3 is 2.65 bits per heavy atom. The molecule has 1 aromatic heterocycles. The maximum Gasteiger partial charge on any atom is 0.410 e. The number of carbonyl (C=O) groups excluding carboxylic acids is 2. The van der Waals surface area contributed by atoms with Gasteiger partial charge < -0.3 is 14.5 Å². The third-order valence-corrected chi connectivity index (χ3v) is 6.53. The first-order chi connectivity index (χ1) is 12.4. The van der Waals surface area contributed by atoms with Crippen LogP contribution in [-0.4, -0.2) is 58.1 Å². The number of carbonyl (C=O) groups is 2. The molecule has 0 N–H and O–H groups in total. The second-order valence-corrected chi connectivity index (χ2v) is 8.67. The zero-order valence-electron chi connectivity index (χ0n) is 16.2. The molecule has 0 radical (unpaired) electrons. The van der Waals surface area contributed by atoms with Crippen molar-refractivity contribution in [2.75, 3.05) is 19.6 Å². The van der Waals surface area contributed by atoms with E-state index in [4.69, 9.17) is 4.74 Å². The van der Waals surface area contributed by atoms with Crippen molar-refractivity contribution in [1.82, 2.24) is 14.8 Å². The van der Waals surface area contributed by atoms with Gasteiger partial charge in [0.2, 0.25) is 0 Å². The maximum atomic E-state index is 12.9. The van der Waals surface area contributed by atoms with Crippen LogP contribution < -0.4 is 0 Å². The van der Waals surface area contributed by atoms with Gasteiger partial charge in [-0.15, -0.1) is 11.3 Å². The van der Waals surface area contributed by atoms with Crippen molar-refractivity contribution in [1.29, 1.82) is 0 Å². The summed E-state index contributed by atoms with van der Waals surface area (Å²) in [7, 11) is 0. The Morgan fingerprint density at radius 1 is 1.35 bits per heavy atom. The van der Waals surface area contributed by atoms with Gasteiger partial charge in [-0.2, -0.15) is 0 Å². The van der Waals surface area contributed by atoms with E-state index < -0.39 is 5.60 Å². The van der Waals surface area contributed by atoms with Crippen LogP contribution in [-0.2, 0) is 11.2 Å². The summed E-state index contributed by atoms with van der Waals surface area (Å²) < 4.78 is 5.79. The normalized spacial score (nSPS) is 20.5. The molecule has 0 aromatic carbocycles. The van der Waals surface area contributed by atoms with Crippen LogP contribution in [0.2, 0.25) is 0 Å². The molecule has 3 heterocycles. The molecule has 0 aliphatic carbocycles. The summed E-state index contributed by atoms with van der Waals surface area (Å²) >= 11 is 1.48. The van der Waals surface area contributed by atoms with Crippen LogP contribution >= 0.6 is 11.3 Å². The van der Waals surface area contributed by atoms with Gasteiger partial charge in [0.1, 0.15) is 10.5 Å². The summed E-state index contributed by atoms with van der Waals surface area (Å²) in [6.45, 7) is 10.1. The highest BCUT2D eigenvalue weighted by molar-refractivity contribution is 7.13. The zero-order valence-corrected chi connectivity index (χ0v) is 17.0. The summed E-state index contributed by atoms with van der Waals surface area (Å²) in [4.78, 5) is 34.2. The van der Waals surface area contributed by atoms with Crippen molar-refractivity contribution in [2.24, 2.45) is 0 Å². The molecule has 26 heavy (non-hydrogen) atoms. The van der Waals surface area contributed by atoms with E-state index in [1.165, 1.54) is 11.3 Å². The molecule has 0 saturated carbocycles. The van der Waals surface area contributed by atoms with Gasteiger partial charge in [-0.1, -0.05) is 20.3 Å². The van der Waals surface area contributed by atoms with Crippen molar-refractivity contribution in [3.8, 4) is 0 Å². The molecule has 1 unspecified atom stereocenters. The Bertz CT molecular complexity index is 680. The molecule has 2 saturated heterocycles. The number of aromatic nitrogens is 1. The van der Waals surface area contributed by atoms with Gasteiger partial charge in [-0.3, -0.25) is 4.79 Å². The number of likely N-dealkylation sites (tertiary alicyclic amines) is 1. The Kier molecular flexibility index (Phi) is 5.55. The van der Waals surface area contributed by atoms with Crippen molar-refractivity contribution in [3.63, 3.8) is 0 Å². The quantitative estimate of drug-likeness (QED) is 0.784. The minimum Gasteiger partial charge on any atom is -0.441 e. The molecule has 3 rings (SSSR count). The molecule has 144 valence electrons. The first-order valence-electron chi connectivity index (χ1n) is 9.64. The Hall–Kier alpha value is -1.63. The highest BCUT2D eigenvalue weighted by Gasteiger charge is 2.48. The number of amides is 2. The van der Waals surface area contributed by atoms with Crippen molar-refractivity contribution in [2.45, 2.75) is 71.4 Å². The second-order valence-electron chi connectivity index (χ2n) is 7.47.